The summed E-state index contributed by atoms with van der Waals surface area (Å²) in [6.07, 6.45) is 2.99. The molecular weight excluding hydrogens is 264 g/mol. The van der Waals surface area contributed by atoms with Crippen molar-refractivity contribution in [3.63, 3.8) is 0 Å². The van der Waals surface area contributed by atoms with Crippen LogP contribution in [0.2, 0.25) is 0 Å². The van der Waals surface area contributed by atoms with Crippen molar-refractivity contribution in [1.29, 1.82) is 5.26 Å². The van der Waals surface area contributed by atoms with Crippen LogP contribution in [0.1, 0.15) is 18.5 Å². The molecule has 1 atom stereocenters. The van der Waals surface area contributed by atoms with E-state index in [9.17, 15) is 8.42 Å². The van der Waals surface area contributed by atoms with Gasteiger partial charge >= 0.3 is 0 Å². The van der Waals surface area contributed by atoms with Crippen LogP contribution < -0.4 is 5.32 Å². The summed E-state index contributed by atoms with van der Waals surface area (Å²) in [4.78, 5) is 3.97. The van der Waals surface area contributed by atoms with Gasteiger partial charge in [0, 0.05) is 25.3 Å². The second-order valence-corrected chi connectivity index (χ2v) is 6.35. The number of nitriles is 1. The molecule has 1 fully saturated rings. The zero-order valence-corrected chi connectivity index (χ0v) is 11.5. The highest BCUT2D eigenvalue weighted by molar-refractivity contribution is 7.89. The lowest BCUT2D eigenvalue weighted by atomic mass is 10.2. The molecule has 7 heteroatoms. The number of likely N-dealkylation sites (N-methyl/N-ethyl adjacent to an activating group) is 1. The van der Waals surface area contributed by atoms with Gasteiger partial charge in [-0.3, -0.25) is 0 Å². The highest BCUT2D eigenvalue weighted by atomic mass is 32.2. The van der Waals surface area contributed by atoms with Crippen molar-refractivity contribution in [2.24, 2.45) is 0 Å². The molecule has 0 bridgehead atoms. The molecule has 0 radical (unpaired) electrons. The van der Waals surface area contributed by atoms with E-state index in [-0.39, 0.29) is 16.6 Å². The molecular formula is C12H16N4O2S. The van der Waals surface area contributed by atoms with E-state index >= 15 is 0 Å². The van der Waals surface area contributed by atoms with E-state index in [2.05, 4.69) is 10.3 Å². The van der Waals surface area contributed by atoms with E-state index in [0.29, 0.717) is 13.1 Å². The molecule has 6 nitrogen and oxygen atoms in total. The van der Waals surface area contributed by atoms with Crippen molar-refractivity contribution in [2.75, 3.05) is 20.1 Å². The fraction of sp³-hybridized carbons (Fsp3) is 0.500. The van der Waals surface area contributed by atoms with Gasteiger partial charge in [0.2, 0.25) is 10.0 Å². The molecule has 0 saturated carbocycles. The fourth-order valence-electron chi connectivity index (χ4n) is 2.30. The third-order valence-corrected chi connectivity index (χ3v) is 5.16. The van der Waals surface area contributed by atoms with Crippen LogP contribution in [0.25, 0.3) is 0 Å². The maximum Gasteiger partial charge on any atom is 0.244 e. The van der Waals surface area contributed by atoms with Gasteiger partial charge in [-0.1, -0.05) is 0 Å². The smallest absolute Gasteiger partial charge is 0.244 e. The monoisotopic (exact) mass is 280 g/mol. The predicted octanol–water partition coefficient (Wildman–Crippen LogP) is 0.326. The summed E-state index contributed by atoms with van der Waals surface area (Å²) in [7, 11) is -1.70. The Morgan fingerprint density at radius 1 is 1.58 bits per heavy atom. The Kier molecular flexibility index (Phi) is 4.14. The molecule has 1 aromatic heterocycles. The van der Waals surface area contributed by atoms with Gasteiger partial charge in [0.25, 0.3) is 0 Å². The second-order valence-electron chi connectivity index (χ2n) is 4.46. The first-order valence-corrected chi connectivity index (χ1v) is 7.56. The number of nitrogens with one attached hydrogen (secondary N) is 1. The van der Waals surface area contributed by atoms with Gasteiger partial charge < -0.3 is 5.32 Å². The molecule has 2 rings (SSSR count). The number of rotatable bonds is 4. The van der Waals surface area contributed by atoms with Gasteiger partial charge in [-0.25, -0.2) is 13.4 Å². The summed E-state index contributed by atoms with van der Waals surface area (Å²) < 4.78 is 26.5. The Bertz CT molecular complexity index is 577. The zero-order valence-electron chi connectivity index (χ0n) is 10.7. The third kappa shape index (κ3) is 2.76. The van der Waals surface area contributed by atoms with Crippen molar-refractivity contribution in [2.45, 2.75) is 23.8 Å². The minimum Gasteiger partial charge on any atom is -0.318 e. The molecule has 1 N–H and O–H groups in total. The molecule has 19 heavy (non-hydrogen) atoms. The van der Waals surface area contributed by atoms with Crippen LogP contribution in [0, 0.1) is 11.3 Å². The van der Waals surface area contributed by atoms with Gasteiger partial charge in [0.1, 0.15) is 16.7 Å². The summed E-state index contributed by atoms with van der Waals surface area (Å²) in [6.45, 7) is 1.18. The van der Waals surface area contributed by atoms with Gasteiger partial charge in [0.15, 0.2) is 0 Å². The Labute approximate surface area is 113 Å². The molecule has 102 valence electrons. The second kappa shape index (κ2) is 5.65. The molecule has 0 aromatic carbocycles. The molecule has 1 unspecified atom stereocenters. The summed E-state index contributed by atoms with van der Waals surface area (Å²) in [5.41, 5.74) is 0.215. The Balaban J connectivity index is 2.28. The molecule has 0 amide bonds. The highest BCUT2D eigenvalue weighted by Gasteiger charge is 2.34. The predicted molar refractivity (Wildman–Crippen MR) is 69.8 cm³/mol. The standard InChI is InChI=1S/C12H16N4O2S/c1-14-8-11-3-2-6-16(11)19(17,18)12-5-4-10(7-13)15-9-12/h4-5,9,11,14H,2-3,6,8H2,1H3. The average molecular weight is 280 g/mol. The summed E-state index contributed by atoms with van der Waals surface area (Å²) in [6, 6.07) is 4.73. The number of hydrogen-bond acceptors (Lipinski definition) is 5. The maximum absolute atomic E-state index is 12.5. The summed E-state index contributed by atoms with van der Waals surface area (Å²) >= 11 is 0. The Morgan fingerprint density at radius 2 is 2.37 bits per heavy atom. The average Bonchev–Trinajstić information content (AvgIpc) is 2.88. The minimum atomic E-state index is -3.51. The minimum absolute atomic E-state index is 0.00866. The lowest BCUT2D eigenvalue weighted by Crippen LogP contribution is -2.40. The van der Waals surface area contributed by atoms with Crippen LogP contribution in [0.3, 0.4) is 0 Å². The van der Waals surface area contributed by atoms with Crippen molar-refractivity contribution in [1.82, 2.24) is 14.6 Å². The highest BCUT2D eigenvalue weighted by Crippen LogP contribution is 2.25. The zero-order chi connectivity index (χ0) is 13.9. The van der Waals surface area contributed by atoms with Crippen molar-refractivity contribution in [3.05, 3.63) is 24.0 Å². The number of aromatic nitrogens is 1. The van der Waals surface area contributed by atoms with Crippen molar-refractivity contribution in [3.8, 4) is 6.07 Å². The quantitative estimate of drug-likeness (QED) is 0.858. The Morgan fingerprint density at radius 3 is 2.95 bits per heavy atom. The van der Waals surface area contributed by atoms with E-state index < -0.39 is 10.0 Å². The molecule has 1 aromatic rings. The van der Waals surface area contributed by atoms with Crippen LogP contribution >= 0.6 is 0 Å². The first-order valence-electron chi connectivity index (χ1n) is 6.12. The first kappa shape index (κ1) is 13.9. The number of hydrogen-bond donors (Lipinski definition) is 1. The van der Waals surface area contributed by atoms with Gasteiger partial charge in [-0.15, -0.1) is 0 Å². The number of sulfonamides is 1. The van der Waals surface area contributed by atoms with E-state index in [1.54, 1.807) is 0 Å². The summed E-state index contributed by atoms with van der Waals surface area (Å²) in [5.74, 6) is 0. The lowest BCUT2D eigenvalue weighted by molar-refractivity contribution is 0.379. The Hall–Kier alpha value is -1.49. The van der Waals surface area contributed by atoms with Crippen LogP contribution in [0.5, 0.6) is 0 Å². The topological polar surface area (TPSA) is 86.1 Å². The normalized spacial score (nSPS) is 20.3. The van der Waals surface area contributed by atoms with Crippen molar-refractivity contribution < 1.29 is 8.42 Å². The summed E-state index contributed by atoms with van der Waals surface area (Å²) in [5, 5.41) is 11.7. The molecule has 0 spiro atoms. The molecule has 2 heterocycles. The van der Waals surface area contributed by atoms with Gasteiger partial charge in [0.05, 0.1) is 0 Å². The molecule has 1 aliphatic rings. The van der Waals surface area contributed by atoms with Crippen LogP contribution in [-0.2, 0) is 10.0 Å². The van der Waals surface area contributed by atoms with E-state index in [1.807, 2.05) is 13.1 Å². The van der Waals surface area contributed by atoms with E-state index in [0.717, 1.165) is 12.8 Å². The van der Waals surface area contributed by atoms with Gasteiger partial charge in [-0.05, 0) is 32.0 Å². The number of pyridine rings is 1. The third-order valence-electron chi connectivity index (χ3n) is 3.22. The maximum atomic E-state index is 12.5. The lowest BCUT2D eigenvalue weighted by Gasteiger charge is -2.23. The SMILES string of the molecule is CNCC1CCCN1S(=O)(=O)c1ccc(C#N)nc1. The first-order chi connectivity index (χ1) is 9.09. The van der Waals surface area contributed by atoms with Crippen LogP contribution in [-0.4, -0.2) is 43.9 Å². The fourth-order valence-corrected chi connectivity index (χ4v) is 3.94. The van der Waals surface area contributed by atoms with Crippen LogP contribution in [0.15, 0.2) is 23.2 Å². The largest absolute Gasteiger partial charge is 0.318 e. The van der Waals surface area contributed by atoms with Crippen LogP contribution in [0.4, 0.5) is 0 Å². The van der Waals surface area contributed by atoms with Gasteiger partial charge in [-0.2, -0.15) is 9.57 Å². The van der Waals surface area contributed by atoms with Crippen molar-refractivity contribution >= 4 is 10.0 Å². The van der Waals surface area contributed by atoms with E-state index in [1.165, 1.54) is 22.6 Å². The molecule has 1 saturated heterocycles. The van der Waals surface area contributed by atoms with E-state index in [4.69, 9.17) is 5.26 Å². The molecule has 0 aliphatic carbocycles. The molecule has 1 aliphatic heterocycles. The number of nitrogens with zero attached hydrogens (tertiary/aromatic N) is 3.